The van der Waals surface area contributed by atoms with E-state index in [2.05, 4.69) is 0 Å². The van der Waals surface area contributed by atoms with Crippen LogP contribution in [-0.4, -0.2) is 77.7 Å². The van der Waals surface area contributed by atoms with Gasteiger partial charge in [-0.05, 0) is 12.0 Å². The van der Waals surface area contributed by atoms with Gasteiger partial charge in [0, 0.05) is 40.9 Å². The van der Waals surface area contributed by atoms with E-state index in [1.807, 2.05) is 13.8 Å². The van der Waals surface area contributed by atoms with Crippen LogP contribution in [0.3, 0.4) is 0 Å². The van der Waals surface area contributed by atoms with Crippen molar-refractivity contribution in [3.63, 3.8) is 0 Å². The number of rotatable bonds is 11. The number of methoxy groups -OCH3 is 2. The van der Waals surface area contributed by atoms with Crippen LogP contribution in [0.1, 0.15) is 13.8 Å². The SMILES string of the molecule is COCCN(CCOC)S(=O)(=O)N(C)CC(C)(C)CN. The lowest BCUT2D eigenvalue weighted by Gasteiger charge is -2.32. The van der Waals surface area contributed by atoms with Gasteiger partial charge in [0.1, 0.15) is 0 Å². The summed E-state index contributed by atoms with van der Waals surface area (Å²) >= 11 is 0. The second kappa shape index (κ2) is 8.91. The molecule has 0 aromatic rings. The molecule has 0 unspecified atom stereocenters. The van der Waals surface area contributed by atoms with Gasteiger partial charge in [-0.2, -0.15) is 17.0 Å². The highest BCUT2D eigenvalue weighted by atomic mass is 32.2. The van der Waals surface area contributed by atoms with Gasteiger partial charge >= 0.3 is 0 Å². The van der Waals surface area contributed by atoms with Crippen molar-refractivity contribution in [2.24, 2.45) is 11.1 Å². The van der Waals surface area contributed by atoms with Crippen molar-refractivity contribution < 1.29 is 17.9 Å². The van der Waals surface area contributed by atoms with E-state index in [-0.39, 0.29) is 5.41 Å². The van der Waals surface area contributed by atoms with Gasteiger partial charge in [0.05, 0.1) is 13.2 Å². The molecule has 122 valence electrons. The Labute approximate surface area is 123 Å². The third kappa shape index (κ3) is 6.47. The molecule has 0 radical (unpaired) electrons. The monoisotopic (exact) mass is 311 g/mol. The number of ether oxygens (including phenoxy) is 2. The Balaban J connectivity index is 4.90. The maximum atomic E-state index is 12.5. The van der Waals surface area contributed by atoms with Crippen LogP contribution in [0.2, 0.25) is 0 Å². The Hall–Kier alpha value is -0.250. The number of nitrogens with two attached hydrogens (primary N) is 1. The fourth-order valence-electron chi connectivity index (χ4n) is 1.67. The smallest absolute Gasteiger partial charge is 0.281 e. The van der Waals surface area contributed by atoms with Gasteiger partial charge in [-0.15, -0.1) is 0 Å². The topological polar surface area (TPSA) is 85.1 Å². The number of nitrogens with zero attached hydrogens (tertiary/aromatic N) is 2. The summed E-state index contributed by atoms with van der Waals surface area (Å²) in [6.07, 6.45) is 0. The molecule has 2 N–H and O–H groups in total. The van der Waals surface area contributed by atoms with E-state index in [9.17, 15) is 8.42 Å². The Morgan fingerprint density at radius 2 is 1.55 bits per heavy atom. The molecule has 0 aromatic carbocycles. The van der Waals surface area contributed by atoms with Gasteiger partial charge < -0.3 is 15.2 Å². The summed E-state index contributed by atoms with van der Waals surface area (Å²) in [5.74, 6) is 0. The quantitative estimate of drug-likeness (QED) is 0.568. The fraction of sp³-hybridized carbons (Fsp3) is 1.00. The van der Waals surface area contributed by atoms with Gasteiger partial charge in [-0.3, -0.25) is 0 Å². The molecule has 20 heavy (non-hydrogen) atoms. The highest BCUT2D eigenvalue weighted by Gasteiger charge is 2.30. The van der Waals surface area contributed by atoms with E-state index in [1.54, 1.807) is 21.3 Å². The van der Waals surface area contributed by atoms with Crippen molar-refractivity contribution in [3.05, 3.63) is 0 Å². The molecule has 0 aliphatic carbocycles. The number of hydrogen-bond donors (Lipinski definition) is 1. The fourth-order valence-corrected chi connectivity index (χ4v) is 3.19. The van der Waals surface area contributed by atoms with Crippen LogP contribution in [-0.2, 0) is 19.7 Å². The lowest BCUT2D eigenvalue weighted by molar-refractivity contribution is 0.146. The lowest BCUT2D eigenvalue weighted by atomic mass is 9.94. The summed E-state index contributed by atoms with van der Waals surface area (Å²) in [7, 11) is 1.12. The van der Waals surface area contributed by atoms with E-state index in [1.165, 1.54) is 8.61 Å². The highest BCUT2D eigenvalue weighted by molar-refractivity contribution is 7.86. The molecule has 7 nitrogen and oxygen atoms in total. The Morgan fingerprint density at radius 3 is 1.90 bits per heavy atom. The predicted octanol–water partition coefficient (Wildman–Crippen LogP) is -0.257. The zero-order valence-electron chi connectivity index (χ0n) is 13.3. The molecule has 0 heterocycles. The summed E-state index contributed by atoms with van der Waals surface area (Å²) in [4.78, 5) is 0. The van der Waals surface area contributed by atoms with E-state index in [4.69, 9.17) is 15.2 Å². The third-order valence-electron chi connectivity index (χ3n) is 3.01. The van der Waals surface area contributed by atoms with Crippen LogP contribution < -0.4 is 5.73 Å². The molecule has 8 heteroatoms. The minimum atomic E-state index is -3.54. The maximum absolute atomic E-state index is 12.5. The predicted molar refractivity (Wildman–Crippen MR) is 79.7 cm³/mol. The van der Waals surface area contributed by atoms with Crippen molar-refractivity contribution >= 4 is 10.2 Å². The molecule has 0 saturated carbocycles. The molecular formula is C12H29N3O4S. The zero-order chi connectivity index (χ0) is 15.8. The molecule has 0 fully saturated rings. The Bertz CT molecular complexity index is 352. The second-order valence-electron chi connectivity index (χ2n) is 5.52. The first-order valence-corrected chi connectivity index (χ1v) is 8.00. The molecule has 0 saturated heterocycles. The summed E-state index contributed by atoms with van der Waals surface area (Å²) in [6.45, 7) is 5.95. The average Bonchev–Trinajstić information content (AvgIpc) is 2.38. The zero-order valence-corrected chi connectivity index (χ0v) is 14.1. The summed E-state index contributed by atoms with van der Waals surface area (Å²) in [6, 6.07) is 0. The maximum Gasteiger partial charge on any atom is 0.281 e. The summed E-state index contributed by atoms with van der Waals surface area (Å²) in [5.41, 5.74) is 5.39. The van der Waals surface area contributed by atoms with Gasteiger partial charge in [-0.25, -0.2) is 0 Å². The minimum Gasteiger partial charge on any atom is -0.383 e. The van der Waals surface area contributed by atoms with E-state index < -0.39 is 10.2 Å². The third-order valence-corrected chi connectivity index (χ3v) is 4.95. The normalized spacial score (nSPS) is 13.4. The average molecular weight is 311 g/mol. The molecule has 0 spiro atoms. The van der Waals surface area contributed by atoms with E-state index in [0.717, 1.165) is 0 Å². The molecule has 0 rings (SSSR count). The van der Waals surface area contributed by atoms with Crippen LogP contribution in [0.25, 0.3) is 0 Å². The van der Waals surface area contributed by atoms with Crippen molar-refractivity contribution in [1.82, 2.24) is 8.61 Å². The molecule has 0 aliphatic rings. The van der Waals surface area contributed by atoms with Crippen molar-refractivity contribution in [2.45, 2.75) is 13.8 Å². The van der Waals surface area contributed by atoms with Crippen LogP contribution in [0.4, 0.5) is 0 Å². The van der Waals surface area contributed by atoms with Crippen LogP contribution >= 0.6 is 0 Å². The van der Waals surface area contributed by atoms with E-state index >= 15 is 0 Å². The standard InChI is InChI=1S/C12H29N3O4S/c1-12(2,10-13)11-14(3)20(16,17)15(6-8-18-4)7-9-19-5/h6-11,13H2,1-5H3. The van der Waals surface area contributed by atoms with Crippen LogP contribution in [0.5, 0.6) is 0 Å². The molecule has 0 aromatic heterocycles. The van der Waals surface area contributed by atoms with Crippen molar-refractivity contribution in [1.29, 1.82) is 0 Å². The van der Waals surface area contributed by atoms with Crippen molar-refractivity contribution in [3.8, 4) is 0 Å². The summed E-state index contributed by atoms with van der Waals surface area (Å²) in [5, 5.41) is 0. The van der Waals surface area contributed by atoms with Gasteiger partial charge in [0.25, 0.3) is 10.2 Å². The largest absolute Gasteiger partial charge is 0.383 e. The van der Waals surface area contributed by atoms with Gasteiger partial charge in [0.2, 0.25) is 0 Å². The van der Waals surface area contributed by atoms with Crippen LogP contribution in [0.15, 0.2) is 0 Å². The van der Waals surface area contributed by atoms with Gasteiger partial charge in [0.15, 0.2) is 0 Å². The van der Waals surface area contributed by atoms with Crippen molar-refractivity contribution in [2.75, 3.05) is 60.7 Å². The van der Waals surface area contributed by atoms with Gasteiger partial charge in [-0.1, -0.05) is 13.8 Å². The molecule has 0 atom stereocenters. The minimum absolute atomic E-state index is 0.268. The Morgan fingerprint density at radius 1 is 1.10 bits per heavy atom. The Kier molecular flexibility index (Phi) is 8.80. The lowest BCUT2D eigenvalue weighted by Crippen LogP contribution is -2.48. The molecule has 0 amide bonds. The molecule has 0 aliphatic heterocycles. The first kappa shape index (κ1) is 19.8. The first-order chi connectivity index (χ1) is 9.21. The molecule has 0 bridgehead atoms. The second-order valence-corrected chi connectivity index (χ2v) is 7.55. The highest BCUT2D eigenvalue weighted by Crippen LogP contribution is 2.17. The molecular weight excluding hydrogens is 282 g/mol. The van der Waals surface area contributed by atoms with E-state index in [0.29, 0.717) is 39.4 Å². The summed E-state index contributed by atoms with van der Waals surface area (Å²) < 4.78 is 37.7. The first-order valence-electron chi connectivity index (χ1n) is 6.60. The van der Waals surface area contributed by atoms with Crippen LogP contribution in [0, 0.1) is 5.41 Å². The number of hydrogen-bond acceptors (Lipinski definition) is 5.